The number of rotatable bonds is 11. The molecule has 0 bridgehead atoms. The van der Waals surface area contributed by atoms with Crippen molar-refractivity contribution in [2.75, 3.05) is 19.0 Å². The summed E-state index contributed by atoms with van der Waals surface area (Å²) in [5.74, 6) is -1.67. The number of carbonyl (C=O) groups is 3. The van der Waals surface area contributed by atoms with E-state index in [1.807, 2.05) is 26.8 Å². The smallest absolute Gasteiger partial charge is 0.341 e. The zero-order chi connectivity index (χ0) is 24.7. The molecule has 1 aliphatic rings. The highest BCUT2D eigenvalue weighted by Gasteiger charge is 2.33. The van der Waals surface area contributed by atoms with Gasteiger partial charge < -0.3 is 19.5 Å². The molecule has 0 atom stereocenters. The summed E-state index contributed by atoms with van der Waals surface area (Å²) in [5, 5.41) is 2.18. The summed E-state index contributed by atoms with van der Waals surface area (Å²) in [4.78, 5) is 36.0. The van der Waals surface area contributed by atoms with Crippen molar-refractivity contribution in [1.29, 1.82) is 0 Å². The van der Waals surface area contributed by atoms with Crippen LogP contribution in [0.2, 0.25) is 0 Å². The number of hydrogen-bond acceptors (Lipinski definition) is 6. The Labute approximate surface area is 192 Å². The van der Waals surface area contributed by atoms with Crippen LogP contribution >= 0.6 is 0 Å². The summed E-state index contributed by atoms with van der Waals surface area (Å²) in [6.07, 6.45) is 0.210. The number of hydrogen-bond donors (Lipinski definition) is 1. The molecule has 0 fully saturated rings. The molecule has 0 radical (unpaired) electrons. The van der Waals surface area contributed by atoms with Gasteiger partial charge in [-0.2, -0.15) is 8.78 Å². The Morgan fingerprint density at radius 2 is 1.94 bits per heavy atom. The van der Waals surface area contributed by atoms with E-state index < -0.39 is 18.3 Å². The molecule has 1 heterocycles. The van der Waals surface area contributed by atoms with Crippen molar-refractivity contribution in [1.82, 2.24) is 0 Å². The third kappa shape index (κ3) is 6.76. The minimum Gasteiger partial charge on any atom is -0.496 e. The van der Waals surface area contributed by atoms with Crippen molar-refractivity contribution < 1.29 is 37.4 Å². The molecule has 33 heavy (non-hydrogen) atoms. The van der Waals surface area contributed by atoms with Gasteiger partial charge in [0.15, 0.2) is 0 Å². The lowest BCUT2D eigenvalue weighted by Crippen LogP contribution is -2.23. The molecule has 1 amide bonds. The molecule has 182 valence electrons. The lowest BCUT2D eigenvalue weighted by atomic mass is 9.93. The van der Waals surface area contributed by atoms with Crippen LogP contribution in [0.4, 0.5) is 14.5 Å². The lowest BCUT2D eigenvalue weighted by Gasteiger charge is -2.19. The van der Waals surface area contributed by atoms with Crippen LogP contribution in [0.15, 0.2) is 11.6 Å². The summed E-state index contributed by atoms with van der Waals surface area (Å²) in [6.45, 7) is 8.03. The number of ether oxygens (including phenoxy) is 3. The molecule has 7 nitrogen and oxygen atoms in total. The molecule has 0 unspecified atom stereocenters. The number of allylic oxidation sites excluding steroid dienone is 2. The fraction of sp³-hybridized carbons (Fsp3) is 0.542. The zero-order valence-electron chi connectivity index (χ0n) is 19.7. The molecule has 9 heteroatoms. The average molecular weight is 468 g/mol. The number of alkyl halides is 2. The van der Waals surface area contributed by atoms with Gasteiger partial charge in [-0.15, -0.1) is 0 Å². The number of cyclic esters (lactones) is 1. The Hall–Kier alpha value is -2.97. The second kappa shape index (κ2) is 11.8. The summed E-state index contributed by atoms with van der Waals surface area (Å²) in [7, 11) is 1.43. The second-order valence-electron chi connectivity index (χ2n) is 8.39. The van der Waals surface area contributed by atoms with E-state index in [-0.39, 0.29) is 36.7 Å². The first-order valence-corrected chi connectivity index (χ1v) is 10.9. The molecular weight excluding hydrogens is 436 g/mol. The van der Waals surface area contributed by atoms with E-state index in [9.17, 15) is 23.2 Å². The highest BCUT2D eigenvalue weighted by atomic mass is 19.3. The first-order chi connectivity index (χ1) is 15.6. The van der Waals surface area contributed by atoms with Gasteiger partial charge in [0, 0.05) is 17.5 Å². The minimum absolute atomic E-state index is 0.0258. The highest BCUT2D eigenvalue weighted by Crippen LogP contribution is 2.41. The van der Waals surface area contributed by atoms with Crippen molar-refractivity contribution in [3.8, 4) is 5.75 Å². The predicted octanol–water partition coefficient (Wildman–Crippen LogP) is 4.74. The fourth-order valence-electron chi connectivity index (χ4n) is 3.53. The van der Waals surface area contributed by atoms with Gasteiger partial charge in [-0.25, -0.2) is 4.79 Å². The maximum absolute atomic E-state index is 13.0. The predicted molar refractivity (Wildman–Crippen MR) is 119 cm³/mol. The molecule has 0 saturated carbocycles. The maximum atomic E-state index is 13.0. The quantitative estimate of drug-likeness (QED) is 0.374. The first kappa shape index (κ1) is 26.3. The summed E-state index contributed by atoms with van der Waals surface area (Å²) < 4.78 is 41.7. The Morgan fingerprint density at radius 1 is 1.24 bits per heavy atom. The lowest BCUT2D eigenvalue weighted by molar-refractivity contribution is -0.143. The molecule has 1 aromatic carbocycles. The van der Waals surface area contributed by atoms with Gasteiger partial charge >= 0.3 is 18.4 Å². The van der Waals surface area contributed by atoms with Gasteiger partial charge in [-0.1, -0.05) is 25.5 Å². The fourth-order valence-corrected chi connectivity index (χ4v) is 3.53. The number of fused-ring (bicyclic) bond motifs is 1. The second-order valence-corrected chi connectivity index (χ2v) is 8.39. The van der Waals surface area contributed by atoms with Crippen molar-refractivity contribution in [3.05, 3.63) is 33.9 Å². The van der Waals surface area contributed by atoms with E-state index in [4.69, 9.17) is 14.2 Å². The van der Waals surface area contributed by atoms with Crippen LogP contribution in [0.5, 0.6) is 5.75 Å². The molecule has 0 aliphatic carbocycles. The van der Waals surface area contributed by atoms with E-state index in [2.05, 4.69) is 5.32 Å². The monoisotopic (exact) mass is 467 g/mol. The van der Waals surface area contributed by atoms with Gasteiger partial charge in [0.1, 0.15) is 12.4 Å². The SMILES string of the molecule is COc1c(C)c2c(c(NC(=O)C(F)F)c1CC=C(C)CCC(=O)OCCC(C)C)C(=O)OC2. The van der Waals surface area contributed by atoms with E-state index in [1.54, 1.807) is 6.92 Å². The normalized spacial score (nSPS) is 13.2. The molecule has 0 aromatic heterocycles. The van der Waals surface area contributed by atoms with Gasteiger partial charge in [0.25, 0.3) is 5.91 Å². The largest absolute Gasteiger partial charge is 0.496 e. The van der Waals surface area contributed by atoms with Crippen molar-refractivity contribution in [3.63, 3.8) is 0 Å². The highest BCUT2D eigenvalue weighted by molar-refractivity contribution is 6.06. The van der Waals surface area contributed by atoms with E-state index in [0.717, 1.165) is 12.0 Å². The zero-order valence-corrected chi connectivity index (χ0v) is 19.7. The average Bonchev–Trinajstić information content (AvgIpc) is 3.14. The Kier molecular flexibility index (Phi) is 9.37. The van der Waals surface area contributed by atoms with Crippen LogP contribution in [0, 0.1) is 12.8 Å². The third-order valence-corrected chi connectivity index (χ3v) is 5.46. The first-order valence-electron chi connectivity index (χ1n) is 10.9. The Bertz CT molecular complexity index is 940. The topological polar surface area (TPSA) is 90.9 Å². The summed E-state index contributed by atoms with van der Waals surface area (Å²) in [5.41, 5.74) is 2.43. The van der Waals surface area contributed by atoms with E-state index in [0.29, 0.717) is 41.4 Å². The molecule has 0 saturated heterocycles. The van der Waals surface area contributed by atoms with Crippen LogP contribution < -0.4 is 10.1 Å². The summed E-state index contributed by atoms with van der Waals surface area (Å²) in [6, 6.07) is 0. The number of nitrogens with one attached hydrogen (secondary N) is 1. The number of amides is 1. The third-order valence-electron chi connectivity index (χ3n) is 5.46. The van der Waals surface area contributed by atoms with E-state index >= 15 is 0 Å². The number of halogens is 2. The molecular formula is C24H31F2NO6. The number of methoxy groups -OCH3 is 1. The van der Waals surface area contributed by atoms with Crippen LogP contribution in [-0.2, 0) is 32.1 Å². The van der Waals surface area contributed by atoms with Crippen LogP contribution in [-0.4, -0.2) is 38.0 Å². The van der Waals surface area contributed by atoms with E-state index in [1.165, 1.54) is 7.11 Å². The van der Waals surface area contributed by atoms with Crippen LogP contribution in [0.3, 0.4) is 0 Å². The Balaban J connectivity index is 2.26. The van der Waals surface area contributed by atoms with Crippen molar-refractivity contribution in [2.45, 2.75) is 66.4 Å². The molecule has 1 aromatic rings. The number of benzene rings is 1. The minimum atomic E-state index is -3.25. The molecule has 2 rings (SSSR count). The molecule has 1 N–H and O–H groups in total. The van der Waals surface area contributed by atoms with Crippen LogP contribution in [0.1, 0.15) is 67.1 Å². The standard InChI is InChI=1S/C24H31F2NO6/c1-13(2)10-11-32-18(28)9-7-14(3)6-8-16-20(27-23(29)22(25)26)19-17(12-33-24(19)30)15(4)21(16)31-5/h6,13,22H,7-12H2,1-5H3,(H,27,29). The number of carbonyl (C=O) groups excluding carboxylic acids is 3. The van der Waals surface area contributed by atoms with Crippen molar-refractivity contribution >= 4 is 23.5 Å². The van der Waals surface area contributed by atoms with Gasteiger partial charge in [-0.3, -0.25) is 9.59 Å². The van der Waals surface area contributed by atoms with Crippen molar-refractivity contribution in [2.24, 2.45) is 5.92 Å². The van der Waals surface area contributed by atoms with Gasteiger partial charge in [0.2, 0.25) is 0 Å². The van der Waals surface area contributed by atoms with Gasteiger partial charge in [-0.05, 0) is 44.6 Å². The maximum Gasteiger partial charge on any atom is 0.341 e. The number of esters is 2. The van der Waals surface area contributed by atoms with Crippen LogP contribution in [0.25, 0.3) is 0 Å². The molecule has 0 spiro atoms. The van der Waals surface area contributed by atoms with Gasteiger partial charge in [0.05, 0.1) is 25.0 Å². The molecule has 1 aliphatic heterocycles. The Morgan fingerprint density at radius 3 is 2.55 bits per heavy atom. The summed E-state index contributed by atoms with van der Waals surface area (Å²) >= 11 is 0. The number of anilines is 1.